The van der Waals surface area contributed by atoms with Crippen molar-refractivity contribution in [1.82, 2.24) is 15.5 Å². The third-order valence-corrected chi connectivity index (χ3v) is 4.80. The van der Waals surface area contributed by atoms with E-state index in [9.17, 15) is 4.79 Å². The molecule has 27 heavy (non-hydrogen) atoms. The minimum atomic E-state index is -0.00821. The molecule has 0 aliphatic carbocycles. The van der Waals surface area contributed by atoms with E-state index in [1.54, 1.807) is 19.0 Å². The van der Waals surface area contributed by atoms with Crippen molar-refractivity contribution in [2.75, 3.05) is 40.3 Å². The number of rotatable bonds is 7. The molecule has 0 radical (unpaired) electrons. The number of aryl methyl sites for hydroxylation is 1. The first-order valence-corrected chi connectivity index (χ1v) is 9.91. The van der Waals surface area contributed by atoms with Gasteiger partial charge in [-0.3, -0.25) is 4.79 Å². The number of carbonyl (C=O) groups excluding carboxylic acids is 1. The highest BCUT2D eigenvalue weighted by molar-refractivity contribution is 5.84. The van der Waals surface area contributed by atoms with Crippen LogP contribution in [0.3, 0.4) is 0 Å². The quantitative estimate of drug-likeness (QED) is 0.568. The van der Waals surface area contributed by atoms with Gasteiger partial charge < -0.3 is 20.3 Å². The van der Waals surface area contributed by atoms with Crippen LogP contribution in [0.2, 0.25) is 0 Å². The van der Waals surface area contributed by atoms with Crippen LogP contribution in [-0.2, 0) is 9.53 Å². The van der Waals surface area contributed by atoms with Crippen molar-refractivity contribution in [2.45, 2.75) is 39.2 Å². The monoisotopic (exact) mass is 374 g/mol. The largest absolute Gasteiger partial charge is 0.373 e. The van der Waals surface area contributed by atoms with Crippen molar-refractivity contribution in [3.63, 3.8) is 0 Å². The Morgan fingerprint density at radius 1 is 1.26 bits per heavy atom. The topological polar surface area (TPSA) is 66.0 Å². The predicted octanol–water partition coefficient (Wildman–Crippen LogP) is 2.50. The summed E-state index contributed by atoms with van der Waals surface area (Å²) in [5, 5.41) is 6.71. The maximum Gasteiger partial charge on any atom is 0.243 e. The van der Waals surface area contributed by atoms with Crippen LogP contribution in [-0.4, -0.2) is 57.1 Å². The molecule has 1 heterocycles. The van der Waals surface area contributed by atoms with Crippen LogP contribution in [0.25, 0.3) is 0 Å². The van der Waals surface area contributed by atoms with E-state index >= 15 is 0 Å². The SMILES string of the molecule is CCCNC(=NCC(=O)N(C)C)NCC1CCCOC1c1ccc(C)cc1. The Kier molecular flexibility index (Phi) is 8.58. The molecular formula is C21H34N4O2. The number of ether oxygens (including phenoxy) is 1. The minimum Gasteiger partial charge on any atom is -0.373 e. The number of amides is 1. The molecule has 0 spiro atoms. The van der Waals surface area contributed by atoms with E-state index in [0.717, 1.165) is 39.0 Å². The molecule has 150 valence electrons. The summed E-state index contributed by atoms with van der Waals surface area (Å²) in [6.45, 7) is 6.75. The molecule has 1 aromatic carbocycles. The van der Waals surface area contributed by atoms with Crippen LogP contribution in [0.1, 0.15) is 43.4 Å². The Hall–Kier alpha value is -2.08. The fraction of sp³-hybridized carbons (Fsp3) is 0.619. The fourth-order valence-corrected chi connectivity index (χ4v) is 3.11. The van der Waals surface area contributed by atoms with Gasteiger partial charge in [0.15, 0.2) is 5.96 Å². The van der Waals surface area contributed by atoms with Crippen LogP contribution < -0.4 is 10.6 Å². The third kappa shape index (κ3) is 6.86. The van der Waals surface area contributed by atoms with E-state index in [1.807, 2.05) is 0 Å². The second kappa shape index (κ2) is 10.9. The Morgan fingerprint density at radius 2 is 2.00 bits per heavy atom. The maximum atomic E-state index is 11.8. The number of carbonyl (C=O) groups is 1. The van der Waals surface area contributed by atoms with Crippen molar-refractivity contribution in [2.24, 2.45) is 10.9 Å². The standard InChI is InChI=1S/C21H34N4O2/c1-5-12-22-21(24-15-19(26)25(3)4)23-14-18-7-6-13-27-20(18)17-10-8-16(2)9-11-17/h8-11,18,20H,5-7,12-15H2,1-4H3,(H2,22,23,24). The lowest BCUT2D eigenvalue weighted by molar-refractivity contribution is -0.127. The first-order chi connectivity index (χ1) is 13.0. The van der Waals surface area contributed by atoms with Gasteiger partial charge in [-0.2, -0.15) is 0 Å². The van der Waals surface area contributed by atoms with E-state index in [0.29, 0.717) is 11.9 Å². The number of aliphatic imine (C=N–C) groups is 1. The molecule has 6 heteroatoms. The van der Waals surface area contributed by atoms with Gasteiger partial charge in [0.1, 0.15) is 6.54 Å². The van der Waals surface area contributed by atoms with Crippen molar-refractivity contribution in [3.8, 4) is 0 Å². The first kappa shape index (κ1) is 21.2. The van der Waals surface area contributed by atoms with Crippen LogP contribution in [0.4, 0.5) is 0 Å². The van der Waals surface area contributed by atoms with Crippen LogP contribution in [0, 0.1) is 12.8 Å². The van der Waals surface area contributed by atoms with Gasteiger partial charge in [-0.05, 0) is 31.7 Å². The van der Waals surface area contributed by atoms with Crippen molar-refractivity contribution in [3.05, 3.63) is 35.4 Å². The second-order valence-electron chi connectivity index (χ2n) is 7.37. The Bertz CT molecular complexity index is 613. The van der Waals surface area contributed by atoms with E-state index < -0.39 is 0 Å². The van der Waals surface area contributed by atoms with Gasteiger partial charge in [0.05, 0.1) is 6.10 Å². The number of hydrogen-bond acceptors (Lipinski definition) is 3. The van der Waals surface area contributed by atoms with E-state index in [2.05, 4.69) is 53.7 Å². The van der Waals surface area contributed by atoms with Gasteiger partial charge in [-0.25, -0.2) is 4.99 Å². The number of hydrogen-bond donors (Lipinski definition) is 2. The molecule has 2 N–H and O–H groups in total. The Labute approximate surface area is 163 Å². The molecule has 2 rings (SSSR count). The first-order valence-electron chi connectivity index (χ1n) is 9.91. The Morgan fingerprint density at radius 3 is 2.67 bits per heavy atom. The van der Waals surface area contributed by atoms with E-state index in [-0.39, 0.29) is 18.6 Å². The number of guanidine groups is 1. The smallest absolute Gasteiger partial charge is 0.243 e. The molecule has 0 saturated carbocycles. The summed E-state index contributed by atoms with van der Waals surface area (Å²) in [4.78, 5) is 17.8. The van der Waals surface area contributed by atoms with Crippen molar-refractivity contribution >= 4 is 11.9 Å². The molecule has 1 fully saturated rings. The summed E-state index contributed by atoms with van der Waals surface area (Å²) >= 11 is 0. The van der Waals surface area contributed by atoms with Crippen LogP contribution in [0.15, 0.2) is 29.3 Å². The molecular weight excluding hydrogens is 340 g/mol. The minimum absolute atomic E-state index is 0.00821. The molecule has 2 unspecified atom stereocenters. The summed E-state index contributed by atoms with van der Waals surface area (Å²) < 4.78 is 6.10. The zero-order valence-corrected chi connectivity index (χ0v) is 17.1. The highest BCUT2D eigenvalue weighted by Crippen LogP contribution is 2.33. The molecule has 1 amide bonds. The van der Waals surface area contributed by atoms with Crippen LogP contribution >= 0.6 is 0 Å². The van der Waals surface area contributed by atoms with Crippen molar-refractivity contribution in [1.29, 1.82) is 0 Å². The lowest BCUT2D eigenvalue weighted by Gasteiger charge is -2.32. The average Bonchev–Trinajstić information content (AvgIpc) is 2.68. The fourth-order valence-electron chi connectivity index (χ4n) is 3.11. The number of nitrogens with zero attached hydrogens (tertiary/aromatic N) is 2. The van der Waals surface area contributed by atoms with Gasteiger partial charge in [0.25, 0.3) is 0 Å². The second-order valence-corrected chi connectivity index (χ2v) is 7.37. The number of benzene rings is 1. The molecule has 0 bridgehead atoms. The highest BCUT2D eigenvalue weighted by Gasteiger charge is 2.27. The molecule has 1 aliphatic rings. The summed E-state index contributed by atoms with van der Waals surface area (Å²) in [6.07, 6.45) is 3.29. The van der Waals surface area contributed by atoms with Crippen LogP contribution in [0.5, 0.6) is 0 Å². The molecule has 1 aromatic rings. The molecule has 1 saturated heterocycles. The maximum absolute atomic E-state index is 11.8. The lowest BCUT2D eigenvalue weighted by atomic mass is 9.89. The van der Waals surface area contributed by atoms with Gasteiger partial charge in [-0.15, -0.1) is 0 Å². The zero-order valence-electron chi connectivity index (χ0n) is 17.1. The summed E-state index contributed by atoms with van der Waals surface area (Å²) in [6, 6.07) is 8.61. The number of likely N-dealkylation sites (N-methyl/N-ethyl adjacent to an activating group) is 1. The molecule has 0 aromatic heterocycles. The number of nitrogens with one attached hydrogen (secondary N) is 2. The van der Waals surface area contributed by atoms with Crippen molar-refractivity contribution < 1.29 is 9.53 Å². The summed E-state index contributed by atoms with van der Waals surface area (Å²) in [7, 11) is 3.49. The molecule has 1 aliphatic heterocycles. The summed E-state index contributed by atoms with van der Waals surface area (Å²) in [5.74, 6) is 1.06. The lowest BCUT2D eigenvalue weighted by Crippen LogP contribution is -2.42. The summed E-state index contributed by atoms with van der Waals surface area (Å²) in [5.41, 5.74) is 2.49. The van der Waals surface area contributed by atoms with E-state index in [4.69, 9.17) is 4.74 Å². The molecule has 2 atom stereocenters. The third-order valence-electron chi connectivity index (χ3n) is 4.80. The molecule has 6 nitrogen and oxygen atoms in total. The Balaban J connectivity index is 2.00. The van der Waals surface area contributed by atoms with Gasteiger partial charge >= 0.3 is 0 Å². The highest BCUT2D eigenvalue weighted by atomic mass is 16.5. The average molecular weight is 375 g/mol. The zero-order chi connectivity index (χ0) is 19.6. The van der Waals surface area contributed by atoms with Gasteiger partial charge in [0.2, 0.25) is 5.91 Å². The predicted molar refractivity (Wildman–Crippen MR) is 110 cm³/mol. The van der Waals surface area contributed by atoms with E-state index in [1.165, 1.54) is 11.1 Å². The normalized spacial score (nSPS) is 20.2. The van der Waals surface area contributed by atoms with Gasteiger partial charge in [-0.1, -0.05) is 36.8 Å². The van der Waals surface area contributed by atoms with Gasteiger partial charge in [0, 0.05) is 39.7 Å².